The first-order chi connectivity index (χ1) is 12.6. The number of carbonyl (C=O) groups is 1. The molecule has 1 aliphatic heterocycles. The topological polar surface area (TPSA) is 50.7 Å². The zero-order valence-corrected chi connectivity index (χ0v) is 15.6. The number of amides is 1. The van der Waals surface area contributed by atoms with Crippen molar-refractivity contribution >= 4 is 29.4 Å². The molecule has 0 unspecified atom stereocenters. The maximum Gasteiger partial charge on any atom is 0.275 e. The minimum Gasteiger partial charge on any atom is -0.496 e. The molecule has 1 amide bonds. The van der Waals surface area contributed by atoms with Crippen molar-refractivity contribution in [2.24, 2.45) is 4.99 Å². The second-order valence-corrected chi connectivity index (χ2v) is 6.53. The van der Waals surface area contributed by atoms with Crippen LogP contribution in [0.2, 0.25) is 5.02 Å². The third kappa shape index (κ3) is 4.33. The highest BCUT2D eigenvalue weighted by molar-refractivity contribution is 6.30. The molecule has 0 saturated carbocycles. The molecule has 0 bridgehead atoms. The van der Waals surface area contributed by atoms with E-state index in [2.05, 4.69) is 17.2 Å². The summed E-state index contributed by atoms with van der Waals surface area (Å²) in [5.41, 5.74) is 3.60. The smallest absolute Gasteiger partial charge is 0.275 e. The van der Waals surface area contributed by atoms with E-state index in [1.54, 1.807) is 13.2 Å². The fraction of sp³-hybridized carbons (Fsp3) is 0.238. The first kappa shape index (κ1) is 18.2. The Hall–Kier alpha value is -2.59. The molecule has 1 N–H and O–H groups in total. The number of ether oxygens (including phenoxy) is 1. The first-order valence-electron chi connectivity index (χ1n) is 8.61. The van der Waals surface area contributed by atoms with Gasteiger partial charge in [0.15, 0.2) is 0 Å². The number of hydrogen-bond acceptors (Lipinski definition) is 3. The molecule has 0 fully saturated rings. The van der Waals surface area contributed by atoms with Crippen LogP contribution in [0, 0.1) is 0 Å². The molecule has 0 atom stereocenters. The Bertz CT molecular complexity index is 870. The SMILES string of the molecule is CCc1ccc(OC)c(/C=C2/N=C(CCc3ccc(Cl)cc3)NC2=O)c1. The fourth-order valence-electron chi connectivity index (χ4n) is 2.81. The van der Waals surface area contributed by atoms with Gasteiger partial charge in [-0.25, -0.2) is 4.99 Å². The van der Waals surface area contributed by atoms with Crippen LogP contribution < -0.4 is 10.1 Å². The highest BCUT2D eigenvalue weighted by atomic mass is 35.5. The largest absolute Gasteiger partial charge is 0.496 e. The second-order valence-electron chi connectivity index (χ2n) is 6.10. The van der Waals surface area contributed by atoms with Crippen LogP contribution >= 0.6 is 11.6 Å². The average molecular weight is 369 g/mol. The standard InChI is InChI=1S/C21H21ClN2O2/c1-3-14-6-10-19(26-2)16(12-14)13-18-21(25)24-20(23-18)11-7-15-4-8-17(22)9-5-15/h4-6,8-10,12-13H,3,7,11H2,1-2H3,(H,23,24,25)/b18-13+. The number of aliphatic imine (C=N–C) groups is 1. The summed E-state index contributed by atoms with van der Waals surface area (Å²) in [5, 5.41) is 3.56. The predicted molar refractivity (Wildman–Crippen MR) is 106 cm³/mol. The normalized spacial score (nSPS) is 15.1. The maximum atomic E-state index is 12.2. The van der Waals surface area contributed by atoms with Gasteiger partial charge in [0, 0.05) is 17.0 Å². The summed E-state index contributed by atoms with van der Waals surface area (Å²) in [5.74, 6) is 1.23. The monoisotopic (exact) mass is 368 g/mol. The Balaban J connectivity index is 1.77. The lowest BCUT2D eigenvalue weighted by molar-refractivity contribution is -0.115. The van der Waals surface area contributed by atoms with Gasteiger partial charge in [0.2, 0.25) is 0 Å². The molecular weight excluding hydrogens is 348 g/mol. The number of aryl methyl sites for hydroxylation is 2. The van der Waals surface area contributed by atoms with Crippen molar-refractivity contribution < 1.29 is 9.53 Å². The van der Waals surface area contributed by atoms with E-state index in [4.69, 9.17) is 16.3 Å². The number of methoxy groups -OCH3 is 1. The van der Waals surface area contributed by atoms with Gasteiger partial charge in [-0.3, -0.25) is 4.79 Å². The molecule has 3 rings (SSSR count). The van der Waals surface area contributed by atoms with Crippen molar-refractivity contribution in [2.45, 2.75) is 26.2 Å². The van der Waals surface area contributed by atoms with Gasteiger partial charge in [0.05, 0.1) is 7.11 Å². The second kappa shape index (κ2) is 8.19. The van der Waals surface area contributed by atoms with Crippen LogP contribution in [-0.4, -0.2) is 18.9 Å². The summed E-state index contributed by atoms with van der Waals surface area (Å²) < 4.78 is 5.40. The van der Waals surface area contributed by atoms with E-state index in [9.17, 15) is 4.79 Å². The Morgan fingerprint density at radius 2 is 1.85 bits per heavy atom. The van der Waals surface area contributed by atoms with Crippen LogP contribution in [0.4, 0.5) is 0 Å². The first-order valence-corrected chi connectivity index (χ1v) is 8.99. The summed E-state index contributed by atoms with van der Waals surface area (Å²) in [6, 6.07) is 13.7. The van der Waals surface area contributed by atoms with Gasteiger partial charge in [0.25, 0.3) is 5.91 Å². The zero-order chi connectivity index (χ0) is 18.5. The number of nitrogens with zero attached hydrogens (tertiary/aromatic N) is 1. The van der Waals surface area contributed by atoms with E-state index in [0.29, 0.717) is 23.0 Å². The molecule has 2 aromatic carbocycles. The Kier molecular flexibility index (Phi) is 5.74. The lowest BCUT2D eigenvalue weighted by atomic mass is 10.1. The van der Waals surface area contributed by atoms with E-state index in [1.807, 2.05) is 42.5 Å². The molecule has 4 nitrogen and oxygen atoms in total. The van der Waals surface area contributed by atoms with Gasteiger partial charge in [-0.15, -0.1) is 0 Å². The number of hydrogen-bond donors (Lipinski definition) is 1. The summed E-state index contributed by atoms with van der Waals surface area (Å²) in [7, 11) is 1.62. The lowest BCUT2D eigenvalue weighted by Crippen LogP contribution is -2.24. The van der Waals surface area contributed by atoms with Crippen molar-refractivity contribution in [2.75, 3.05) is 7.11 Å². The summed E-state index contributed by atoms with van der Waals surface area (Å²) >= 11 is 5.90. The van der Waals surface area contributed by atoms with E-state index < -0.39 is 0 Å². The minimum atomic E-state index is -0.180. The molecule has 1 aliphatic rings. The quantitative estimate of drug-likeness (QED) is 0.767. The molecule has 134 valence electrons. The van der Waals surface area contributed by atoms with Gasteiger partial charge in [0.1, 0.15) is 17.3 Å². The van der Waals surface area contributed by atoms with E-state index in [-0.39, 0.29) is 5.91 Å². The summed E-state index contributed by atoms with van der Waals surface area (Å²) in [4.78, 5) is 16.7. The van der Waals surface area contributed by atoms with Crippen LogP contribution in [0.25, 0.3) is 6.08 Å². The number of benzene rings is 2. The van der Waals surface area contributed by atoms with Crippen molar-refractivity contribution in [3.05, 3.63) is 69.9 Å². The Morgan fingerprint density at radius 3 is 2.54 bits per heavy atom. The molecule has 1 heterocycles. The van der Waals surface area contributed by atoms with Gasteiger partial charge < -0.3 is 10.1 Å². The van der Waals surface area contributed by atoms with Gasteiger partial charge in [-0.1, -0.05) is 36.7 Å². The summed E-state index contributed by atoms with van der Waals surface area (Å²) in [6.45, 7) is 2.09. The molecule has 2 aromatic rings. The Labute approximate surface area is 158 Å². The van der Waals surface area contributed by atoms with Gasteiger partial charge in [-0.2, -0.15) is 0 Å². The molecule has 0 spiro atoms. The molecule has 26 heavy (non-hydrogen) atoms. The summed E-state index contributed by atoms with van der Waals surface area (Å²) in [6.07, 6.45) is 4.15. The third-order valence-electron chi connectivity index (χ3n) is 4.30. The molecule has 0 aliphatic carbocycles. The van der Waals surface area contributed by atoms with Crippen molar-refractivity contribution in [1.29, 1.82) is 0 Å². The minimum absolute atomic E-state index is 0.180. The predicted octanol–water partition coefficient (Wildman–Crippen LogP) is 4.41. The van der Waals surface area contributed by atoms with Crippen LogP contribution in [0.15, 0.2) is 53.2 Å². The van der Waals surface area contributed by atoms with Crippen LogP contribution in [0.5, 0.6) is 5.75 Å². The highest BCUT2D eigenvalue weighted by Crippen LogP contribution is 2.24. The Morgan fingerprint density at radius 1 is 1.12 bits per heavy atom. The van der Waals surface area contributed by atoms with Gasteiger partial charge in [-0.05, 0) is 54.3 Å². The number of carbonyl (C=O) groups excluding carboxylic acids is 1. The number of amidine groups is 1. The number of rotatable bonds is 6. The molecule has 0 saturated heterocycles. The molecule has 0 aromatic heterocycles. The van der Waals surface area contributed by atoms with Crippen molar-refractivity contribution in [3.63, 3.8) is 0 Å². The van der Waals surface area contributed by atoms with E-state index in [0.717, 1.165) is 29.7 Å². The average Bonchev–Trinajstić information content (AvgIpc) is 3.00. The maximum absolute atomic E-state index is 12.2. The number of nitrogens with one attached hydrogen (secondary N) is 1. The van der Waals surface area contributed by atoms with Crippen molar-refractivity contribution in [3.8, 4) is 5.75 Å². The lowest BCUT2D eigenvalue weighted by Gasteiger charge is -2.07. The molecule has 0 radical (unpaired) electrons. The van der Waals surface area contributed by atoms with E-state index in [1.165, 1.54) is 5.56 Å². The third-order valence-corrected chi connectivity index (χ3v) is 4.56. The van der Waals surface area contributed by atoms with Crippen LogP contribution in [0.1, 0.15) is 30.0 Å². The fourth-order valence-corrected chi connectivity index (χ4v) is 2.94. The van der Waals surface area contributed by atoms with Crippen LogP contribution in [-0.2, 0) is 17.6 Å². The van der Waals surface area contributed by atoms with Gasteiger partial charge >= 0.3 is 0 Å². The zero-order valence-electron chi connectivity index (χ0n) is 14.9. The number of halogens is 1. The molecule has 5 heteroatoms. The van der Waals surface area contributed by atoms with Crippen LogP contribution in [0.3, 0.4) is 0 Å². The molecular formula is C21H21ClN2O2. The highest BCUT2D eigenvalue weighted by Gasteiger charge is 2.20. The van der Waals surface area contributed by atoms with Crippen molar-refractivity contribution in [1.82, 2.24) is 5.32 Å². The van der Waals surface area contributed by atoms with E-state index >= 15 is 0 Å².